The summed E-state index contributed by atoms with van der Waals surface area (Å²) in [5, 5.41) is 0. The maximum absolute atomic E-state index is 6.22. The van der Waals surface area contributed by atoms with Crippen LogP contribution in [-0.2, 0) is 6.42 Å². The molecule has 0 aliphatic rings. The number of nitrogens with zero attached hydrogens (tertiary/aromatic N) is 1. The maximum Gasteiger partial charge on any atom is 0.0424 e. The predicted molar refractivity (Wildman–Crippen MR) is 75.1 cm³/mol. The summed E-state index contributed by atoms with van der Waals surface area (Å²) in [6.07, 6.45) is 2.35. The summed E-state index contributed by atoms with van der Waals surface area (Å²) in [5.74, 6) is 0. The van der Waals surface area contributed by atoms with Crippen LogP contribution in [0.25, 0.3) is 0 Å². The average molecular weight is 234 g/mol. The molecule has 2 nitrogen and oxygen atoms in total. The van der Waals surface area contributed by atoms with E-state index in [-0.39, 0.29) is 6.04 Å². The fraction of sp³-hybridized carbons (Fsp3) is 0.600. The van der Waals surface area contributed by atoms with E-state index in [9.17, 15) is 0 Å². The van der Waals surface area contributed by atoms with Crippen molar-refractivity contribution in [2.45, 2.75) is 45.7 Å². The van der Waals surface area contributed by atoms with Gasteiger partial charge in [0.1, 0.15) is 0 Å². The van der Waals surface area contributed by atoms with Gasteiger partial charge in [-0.25, -0.2) is 0 Å². The first-order valence-corrected chi connectivity index (χ1v) is 6.59. The Bertz CT molecular complexity index is 316. The minimum atomic E-state index is 0.109. The highest BCUT2D eigenvalue weighted by Crippen LogP contribution is 2.14. The largest absolute Gasteiger partial charge is 0.323 e. The van der Waals surface area contributed by atoms with E-state index in [1.165, 1.54) is 17.5 Å². The monoisotopic (exact) mass is 234 g/mol. The van der Waals surface area contributed by atoms with Crippen LogP contribution in [0.3, 0.4) is 0 Å². The SMILES string of the molecule is CCCc1ccc(C(N)CN(C)C(C)C)cc1. The summed E-state index contributed by atoms with van der Waals surface area (Å²) in [5.41, 5.74) is 8.85. The highest BCUT2D eigenvalue weighted by molar-refractivity contribution is 5.25. The van der Waals surface area contributed by atoms with E-state index in [1.54, 1.807) is 0 Å². The van der Waals surface area contributed by atoms with Crippen molar-refractivity contribution in [3.8, 4) is 0 Å². The first-order valence-electron chi connectivity index (χ1n) is 6.59. The second-order valence-corrected chi connectivity index (χ2v) is 5.13. The fourth-order valence-electron chi connectivity index (χ4n) is 1.85. The van der Waals surface area contributed by atoms with E-state index < -0.39 is 0 Å². The molecule has 0 heterocycles. The molecule has 0 aliphatic heterocycles. The van der Waals surface area contributed by atoms with Gasteiger partial charge in [-0.2, -0.15) is 0 Å². The topological polar surface area (TPSA) is 29.3 Å². The Kier molecular flexibility index (Phi) is 5.66. The van der Waals surface area contributed by atoms with E-state index in [1.807, 2.05) is 0 Å². The van der Waals surface area contributed by atoms with Gasteiger partial charge in [0.25, 0.3) is 0 Å². The minimum Gasteiger partial charge on any atom is -0.323 e. The summed E-state index contributed by atoms with van der Waals surface area (Å²) < 4.78 is 0. The molecule has 0 aromatic heterocycles. The molecule has 1 aromatic carbocycles. The number of hydrogen-bond donors (Lipinski definition) is 1. The lowest BCUT2D eigenvalue weighted by Gasteiger charge is -2.25. The molecule has 0 saturated heterocycles. The molecule has 0 amide bonds. The average Bonchev–Trinajstić information content (AvgIpc) is 2.30. The van der Waals surface area contributed by atoms with Crippen molar-refractivity contribution >= 4 is 0 Å². The molecule has 1 atom stereocenters. The number of benzene rings is 1. The number of hydrogen-bond acceptors (Lipinski definition) is 2. The third-order valence-electron chi connectivity index (χ3n) is 3.31. The number of likely N-dealkylation sites (N-methyl/N-ethyl adjacent to an activating group) is 1. The van der Waals surface area contributed by atoms with Crippen LogP contribution in [0, 0.1) is 0 Å². The first-order chi connectivity index (χ1) is 8.04. The quantitative estimate of drug-likeness (QED) is 0.820. The van der Waals surface area contributed by atoms with Gasteiger partial charge in [0, 0.05) is 18.6 Å². The fourth-order valence-corrected chi connectivity index (χ4v) is 1.85. The third-order valence-corrected chi connectivity index (χ3v) is 3.31. The summed E-state index contributed by atoms with van der Waals surface area (Å²) in [6, 6.07) is 9.40. The van der Waals surface area contributed by atoms with Crippen molar-refractivity contribution < 1.29 is 0 Å². The van der Waals surface area contributed by atoms with Crippen molar-refractivity contribution in [2.24, 2.45) is 5.73 Å². The zero-order chi connectivity index (χ0) is 12.8. The lowest BCUT2D eigenvalue weighted by atomic mass is 10.0. The molecule has 0 bridgehead atoms. The van der Waals surface area contributed by atoms with Gasteiger partial charge in [0.2, 0.25) is 0 Å². The summed E-state index contributed by atoms with van der Waals surface area (Å²) in [7, 11) is 2.12. The van der Waals surface area contributed by atoms with Crippen molar-refractivity contribution in [3.05, 3.63) is 35.4 Å². The van der Waals surface area contributed by atoms with E-state index in [2.05, 4.69) is 57.0 Å². The van der Waals surface area contributed by atoms with Crippen molar-refractivity contribution in [3.63, 3.8) is 0 Å². The Labute approximate surface area is 106 Å². The molecule has 2 heteroatoms. The second-order valence-electron chi connectivity index (χ2n) is 5.13. The number of rotatable bonds is 6. The second kappa shape index (κ2) is 6.77. The highest BCUT2D eigenvalue weighted by Gasteiger charge is 2.11. The van der Waals surface area contributed by atoms with E-state index >= 15 is 0 Å². The molecular weight excluding hydrogens is 208 g/mol. The molecule has 2 N–H and O–H groups in total. The van der Waals surface area contributed by atoms with Gasteiger partial charge in [-0.05, 0) is 38.4 Å². The van der Waals surface area contributed by atoms with Crippen LogP contribution in [0.4, 0.5) is 0 Å². The van der Waals surface area contributed by atoms with Gasteiger partial charge in [-0.15, -0.1) is 0 Å². The summed E-state index contributed by atoms with van der Waals surface area (Å²) in [4.78, 5) is 2.28. The van der Waals surface area contributed by atoms with Crippen molar-refractivity contribution in [1.82, 2.24) is 4.90 Å². The number of aryl methyl sites for hydroxylation is 1. The molecule has 1 rings (SSSR count). The third kappa shape index (κ3) is 4.49. The van der Waals surface area contributed by atoms with Crippen molar-refractivity contribution in [1.29, 1.82) is 0 Å². The predicted octanol–water partition coefficient (Wildman–Crippen LogP) is 2.98. The molecule has 0 fully saturated rings. The summed E-state index contributed by atoms with van der Waals surface area (Å²) in [6.45, 7) is 7.50. The van der Waals surface area contributed by atoms with Crippen LogP contribution in [0.2, 0.25) is 0 Å². The van der Waals surface area contributed by atoms with Gasteiger partial charge < -0.3 is 10.6 Å². The number of nitrogens with two attached hydrogens (primary N) is 1. The van der Waals surface area contributed by atoms with E-state index in [4.69, 9.17) is 5.73 Å². The summed E-state index contributed by atoms with van der Waals surface area (Å²) >= 11 is 0. The Balaban J connectivity index is 2.60. The van der Waals surface area contributed by atoms with Gasteiger partial charge >= 0.3 is 0 Å². The molecule has 0 spiro atoms. The molecule has 0 aliphatic carbocycles. The molecule has 17 heavy (non-hydrogen) atoms. The highest BCUT2D eigenvalue weighted by atomic mass is 15.1. The van der Waals surface area contributed by atoms with Crippen LogP contribution < -0.4 is 5.73 Å². The standard InChI is InChI=1S/C15H26N2/c1-5-6-13-7-9-14(10-8-13)15(16)11-17(4)12(2)3/h7-10,12,15H,5-6,11,16H2,1-4H3. The Morgan fingerprint density at radius 2 is 1.76 bits per heavy atom. The van der Waals surface area contributed by atoms with E-state index in [0.29, 0.717) is 6.04 Å². The van der Waals surface area contributed by atoms with Crippen LogP contribution in [-0.4, -0.2) is 24.5 Å². The minimum absolute atomic E-state index is 0.109. The van der Waals surface area contributed by atoms with E-state index in [0.717, 1.165) is 13.0 Å². The smallest absolute Gasteiger partial charge is 0.0424 e. The van der Waals surface area contributed by atoms with Gasteiger partial charge in [-0.3, -0.25) is 0 Å². The molecule has 1 aromatic rings. The lowest BCUT2D eigenvalue weighted by Crippen LogP contribution is -2.33. The maximum atomic E-state index is 6.22. The Morgan fingerprint density at radius 3 is 2.24 bits per heavy atom. The van der Waals surface area contributed by atoms with Gasteiger partial charge in [0.05, 0.1) is 0 Å². The molecule has 0 radical (unpaired) electrons. The van der Waals surface area contributed by atoms with Crippen LogP contribution >= 0.6 is 0 Å². The molecule has 96 valence electrons. The van der Waals surface area contributed by atoms with Crippen LogP contribution in [0.15, 0.2) is 24.3 Å². The van der Waals surface area contributed by atoms with Crippen LogP contribution in [0.1, 0.15) is 44.4 Å². The normalized spacial score (nSPS) is 13.4. The molecule has 0 saturated carbocycles. The Morgan fingerprint density at radius 1 is 1.18 bits per heavy atom. The van der Waals surface area contributed by atoms with Gasteiger partial charge in [0.15, 0.2) is 0 Å². The zero-order valence-corrected chi connectivity index (χ0v) is 11.6. The lowest BCUT2D eigenvalue weighted by molar-refractivity contribution is 0.257. The van der Waals surface area contributed by atoms with Crippen molar-refractivity contribution in [2.75, 3.05) is 13.6 Å². The molecular formula is C15H26N2. The Hall–Kier alpha value is -0.860. The van der Waals surface area contributed by atoms with Gasteiger partial charge in [-0.1, -0.05) is 37.6 Å². The van der Waals surface area contributed by atoms with Crippen LogP contribution in [0.5, 0.6) is 0 Å². The first kappa shape index (κ1) is 14.2. The molecule has 1 unspecified atom stereocenters. The zero-order valence-electron chi connectivity index (χ0n) is 11.6.